The molecule has 1 fully saturated rings. The fourth-order valence-corrected chi connectivity index (χ4v) is 3.85. The van der Waals surface area contributed by atoms with Crippen molar-refractivity contribution < 1.29 is 14.7 Å². The highest BCUT2D eigenvalue weighted by Crippen LogP contribution is 2.42. The van der Waals surface area contributed by atoms with Crippen LogP contribution in [0.5, 0.6) is 0 Å². The number of aliphatic hydroxyl groups excluding tert-OH is 1. The molecular formula is C25H21ClN2O3. The molecule has 156 valence electrons. The van der Waals surface area contributed by atoms with E-state index >= 15 is 0 Å². The smallest absolute Gasteiger partial charge is 0.300 e. The van der Waals surface area contributed by atoms with Crippen LogP contribution in [0.15, 0.2) is 84.4 Å². The van der Waals surface area contributed by atoms with Crippen molar-refractivity contribution in [2.24, 2.45) is 0 Å². The first-order chi connectivity index (χ1) is 14.9. The molecule has 5 nitrogen and oxygen atoms in total. The lowest BCUT2D eigenvalue weighted by Gasteiger charge is -2.26. The molecule has 1 atom stereocenters. The van der Waals surface area contributed by atoms with Crippen molar-refractivity contribution in [3.63, 3.8) is 0 Å². The van der Waals surface area contributed by atoms with E-state index in [2.05, 4.69) is 0 Å². The van der Waals surface area contributed by atoms with Gasteiger partial charge in [-0.15, -0.1) is 0 Å². The lowest BCUT2D eigenvalue weighted by Crippen LogP contribution is -2.29. The summed E-state index contributed by atoms with van der Waals surface area (Å²) in [5, 5.41) is 11.6. The zero-order chi connectivity index (χ0) is 22.1. The van der Waals surface area contributed by atoms with Crippen LogP contribution in [0.3, 0.4) is 0 Å². The summed E-state index contributed by atoms with van der Waals surface area (Å²) in [6.45, 7) is 0. The minimum absolute atomic E-state index is 0.0590. The lowest BCUT2D eigenvalue weighted by molar-refractivity contribution is -0.132. The maximum atomic E-state index is 13.1. The van der Waals surface area contributed by atoms with Crippen LogP contribution in [0.2, 0.25) is 5.02 Å². The van der Waals surface area contributed by atoms with E-state index in [1.54, 1.807) is 48.5 Å². The van der Waals surface area contributed by atoms with Gasteiger partial charge >= 0.3 is 0 Å². The van der Waals surface area contributed by atoms with E-state index in [0.29, 0.717) is 16.3 Å². The predicted octanol–water partition coefficient (Wildman–Crippen LogP) is 5.03. The molecule has 1 amide bonds. The highest BCUT2D eigenvalue weighted by Gasteiger charge is 2.46. The summed E-state index contributed by atoms with van der Waals surface area (Å²) in [6.07, 6.45) is 0. The fourth-order valence-electron chi connectivity index (χ4n) is 3.72. The maximum absolute atomic E-state index is 13.1. The number of carbonyl (C=O) groups is 2. The summed E-state index contributed by atoms with van der Waals surface area (Å²) in [5.74, 6) is -1.61. The molecule has 0 radical (unpaired) electrons. The van der Waals surface area contributed by atoms with Gasteiger partial charge in [0.25, 0.3) is 11.7 Å². The molecular weight excluding hydrogens is 412 g/mol. The van der Waals surface area contributed by atoms with Crippen LogP contribution in [0.25, 0.3) is 5.76 Å². The predicted molar refractivity (Wildman–Crippen MR) is 123 cm³/mol. The Morgan fingerprint density at radius 2 is 1.52 bits per heavy atom. The van der Waals surface area contributed by atoms with E-state index < -0.39 is 17.7 Å². The van der Waals surface area contributed by atoms with Crippen molar-refractivity contribution >= 4 is 40.4 Å². The van der Waals surface area contributed by atoms with Crippen LogP contribution in [0.4, 0.5) is 11.4 Å². The number of Topliss-reactive ketones (excluding diaryl/α,β-unsaturated/α-hetero) is 1. The number of ketones is 1. The van der Waals surface area contributed by atoms with Crippen molar-refractivity contribution in [3.05, 3.63) is 101 Å². The maximum Gasteiger partial charge on any atom is 0.300 e. The van der Waals surface area contributed by atoms with Crippen LogP contribution in [0.1, 0.15) is 17.2 Å². The summed E-state index contributed by atoms with van der Waals surface area (Å²) in [7, 11) is 3.87. The van der Waals surface area contributed by atoms with Gasteiger partial charge in [0.15, 0.2) is 0 Å². The SMILES string of the molecule is CN(C)c1ccc([C@H]2C(=C(O)c3ccccc3)C(=O)C(=O)N2c2ccc(Cl)cc2)cc1. The molecule has 1 aliphatic heterocycles. The molecule has 0 aromatic heterocycles. The summed E-state index contributed by atoms with van der Waals surface area (Å²) >= 11 is 6.02. The Hall–Kier alpha value is -3.57. The van der Waals surface area contributed by atoms with Gasteiger partial charge in [-0.25, -0.2) is 0 Å². The molecule has 1 N–H and O–H groups in total. The molecule has 6 heteroatoms. The largest absolute Gasteiger partial charge is 0.507 e. The van der Waals surface area contributed by atoms with Crippen LogP contribution >= 0.6 is 11.6 Å². The average Bonchev–Trinajstić information content (AvgIpc) is 3.05. The first kappa shape index (κ1) is 20.7. The second kappa shape index (κ2) is 8.28. The van der Waals surface area contributed by atoms with E-state index in [1.807, 2.05) is 49.3 Å². The van der Waals surface area contributed by atoms with E-state index in [9.17, 15) is 14.7 Å². The Morgan fingerprint density at radius 1 is 0.903 bits per heavy atom. The molecule has 3 aromatic carbocycles. The zero-order valence-electron chi connectivity index (χ0n) is 17.1. The minimum atomic E-state index is -0.766. The first-order valence-electron chi connectivity index (χ1n) is 9.78. The number of hydrogen-bond donors (Lipinski definition) is 1. The molecule has 1 heterocycles. The number of rotatable bonds is 4. The molecule has 0 spiro atoms. The first-order valence-corrected chi connectivity index (χ1v) is 10.2. The second-order valence-corrected chi connectivity index (χ2v) is 7.93. The molecule has 31 heavy (non-hydrogen) atoms. The Morgan fingerprint density at radius 3 is 2.10 bits per heavy atom. The molecule has 0 bridgehead atoms. The number of amides is 1. The third-order valence-electron chi connectivity index (χ3n) is 5.32. The van der Waals surface area contributed by atoms with Crippen LogP contribution < -0.4 is 9.80 Å². The third kappa shape index (κ3) is 3.80. The number of hydrogen-bond acceptors (Lipinski definition) is 4. The minimum Gasteiger partial charge on any atom is -0.507 e. The number of benzene rings is 3. The van der Waals surface area contributed by atoms with E-state index in [0.717, 1.165) is 11.3 Å². The monoisotopic (exact) mass is 432 g/mol. The topological polar surface area (TPSA) is 60.9 Å². The number of nitrogens with zero attached hydrogens (tertiary/aromatic N) is 2. The van der Waals surface area contributed by atoms with Crippen LogP contribution in [-0.2, 0) is 9.59 Å². The Labute approximate surface area is 185 Å². The average molecular weight is 433 g/mol. The third-order valence-corrected chi connectivity index (χ3v) is 5.57. The lowest BCUT2D eigenvalue weighted by atomic mass is 9.95. The number of halogens is 1. The molecule has 0 aliphatic carbocycles. The van der Waals surface area contributed by atoms with Gasteiger partial charge in [0.1, 0.15) is 5.76 Å². The van der Waals surface area contributed by atoms with Crippen LogP contribution in [0, 0.1) is 0 Å². The van der Waals surface area contributed by atoms with E-state index in [1.165, 1.54) is 4.90 Å². The van der Waals surface area contributed by atoms with Crippen molar-refractivity contribution in [2.75, 3.05) is 23.9 Å². The van der Waals surface area contributed by atoms with Gasteiger partial charge in [-0.1, -0.05) is 54.1 Å². The van der Waals surface area contributed by atoms with Gasteiger partial charge in [-0.2, -0.15) is 0 Å². The van der Waals surface area contributed by atoms with Gasteiger partial charge in [-0.05, 0) is 42.0 Å². The summed E-state index contributed by atoms with van der Waals surface area (Å²) < 4.78 is 0. The number of anilines is 2. The van der Waals surface area contributed by atoms with Gasteiger partial charge < -0.3 is 10.0 Å². The molecule has 3 aromatic rings. The standard InChI is InChI=1S/C25H21ClN2O3/c1-27(2)19-12-8-16(9-13-19)22-21(23(29)17-6-4-3-5-7-17)24(30)25(31)28(22)20-14-10-18(26)11-15-20/h3-15,22,29H,1-2H3/t22-/m0/s1. The summed E-state index contributed by atoms with van der Waals surface area (Å²) in [5.41, 5.74) is 2.77. The van der Waals surface area contributed by atoms with Crippen molar-refractivity contribution in [1.82, 2.24) is 0 Å². The molecule has 0 saturated carbocycles. The summed E-state index contributed by atoms with van der Waals surface area (Å²) in [4.78, 5) is 29.5. The van der Waals surface area contributed by atoms with Gasteiger partial charge in [0, 0.05) is 36.1 Å². The van der Waals surface area contributed by atoms with Crippen molar-refractivity contribution in [1.29, 1.82) is 0 Å². The molecule has 1 saturated heterocycles. The molecule has 1 aliphatic rings. The number of aliphatic hydroxyl groups is 1. The fraction of sp³-hybridized carbons (Fsp3) is 0.120. The quantitative estimate of drug-likeness (QED) is 0.357. The Balaban J connectivity index is 1.92. The summed E-state index contributed by atoms with van der Waals surface area (Å²) in [6, 6.07) is 22.3. The van der Waals surface area contributed by atoms with Gasteiger partial charge in [0.2, 0.25) is 0 Å². The Kier molecular flexibility index (Phi) is 5.53. The van der Waals surface area contributed by atoms with Gasteiger partial charge in [-0.3, -0.25) is 14.5 Å². The molecule has 4 rings (SSSR count). The normalized spacial score (nSPS) is 17.8. The zero-order valence-corrected chi connectivity index (χ0v) is 17.9. The second-order valence-electron chi connectivity index (χ2n) is 7.50. The number of carbonyl (C=O) groups excluding carboxylic acids is 2. The highest BCUT2D eigenvalue weighted by molar-refractivity contribution is 6.51. The van der Waals surface area contributed by atoms with E-state index in [4.69, 9.17) is 11.6 Å². The Bertz CT molecular complexity index is 1150. The van der Waals surface area contributed by atoms with Crippen molar-refractivity contribution in [3.8, 4) is 0 Å². The molecule has 0 unspecified atom stereocenters. The highest BCUT2D eigenvalue weighted by atomic mass is 35.5. The van der Waals surface area contributed by atoms with Crippen LogP contribution in [-0.4, -0.2) is 30.9 Å². The van der Waals surface area contributed by atoms with E-state index in [-0.39, 0.29) is 11.3 Å². The van der Waals surface area contributed by atoms with Crippen molar-refractivity contribution in [2.45, 2.75) is 6.04 Å². The van der Waals surface area contributed by atoms with Gasteiger partial charge in [0.05, 0.1) is 11.6 Å².